The fraction of sp³-hybridized carbons (Fsp3) is 0.364. The lowest BCUT2D eigenvalue weighted by Gasteiger charge is -2.12. The molecule has 0 spiro atoms. The van der Waals surface area contributed by atoms with E-state index in [1.165, 1.54) is 11.3 Å². The summed E-state index contributed by atoms with van der Waals surface area (Å²) >= 11 is 0. The van der Waals surface area contributed by atoms with Gasteiger partial charge in [-0.25, -0.2) is 4.79 Å². The van der Waals surface area contributed by atoms with Gasteiger partial charge in [-0.05, 0) is 67.6 Å². The number of nitrogens with zero attached hydrogens (tertiary/aromatic N) is 1. The molecule has 1 saturated carbocycles. The second-order valence-corrected chi connectivity index (χ2v) is 7.39. The zero-order chi connectivity index (χ0) is 19.9. The Hall–Kier alpha value is -3.02. The van der Waals surface area contributed by atoms with Crippen molar-refractivity contribution in [1.29, 1.82) is 0 Å². The van der Waals surface area contributed by atoms with E-state index in [9.17, 15) is 9.59 Å². The van der Waals surface area contributed by atoms with Crippen molar-refractivity contribution in [2.24, 2.45) is 5.92 Å². The number of nitrogens with one attached hydrogen (secondary N) is 3. The van der Waals surface area contributed by atoms with Gasteiger partial charge in [0.15, 0.2) is 0 Å². The molecule has 6 heteroatoms. The number of carbonyl (C=O) groups is 2. The summed E-state index contributed by atoms with van der Waals surface area (Å²) in [5, 5.41) is 8.56. The van der Waals surface area contributed by atoms with Gasteiger partial charge in [0.2, 0.25) is 5.91 Å². The summed E-state index contributed by atoms with van der Waals surface area (Å²) in [6, 6.07) is 15.4. The van der Waals surface area contributed by atoms with E-state index in [4.69, 9.17) is 0 Å². The molecule has 0 unspecified atom stereocenters. The lowest BCUT2D eigenvalue weighted by atomic mass is 10.1. The third kappa shape index (κ3) is 6.01. The molecule has 6 nitrogen and oxygen atoms in total. The molecule has 148 valence electrons. The zero-order valence-electron chi connectivity index (χ0n) is 16.5. The normalized spacial score (nSPS) is 12.9. The minimum Gasteiger partial charge on any atom is -0.378 e. The van der Waals surface area contributed by atoms with E-state index in [1.54, 1.807) is 24.3 Å². The maximum atomic E-state index is 12.0. The van der Waals surface area contributed by atoms with Crippen molar-refractivity contribution >= 4 is 29.0 Å². The van der Waals surface area contributed by atoms with Gasteiger partial charge in [-0.1, -0.05) is 12.1 Å². The number of hydrogen-bond acceptors (Lipinski definition) is 3. The molecule has 0 radical (unpaired) electrons. The molecule has 2 aromatic carbocycles. The minimum absolute atomic E-state index is 0.0785. The van der Waals surface area contributed by atoms with Gasteiger partial charge in [-0.15, -0.1) is 0 Å². The number of anilines is 3. The Morgan fingerprint density at radius 1 is 0.929 bits per heavy atom. The van der Waals surface area contributed by atoms with Gasteiger partial charge in [0, 0.05) is 43.6 Å². The number of hydrogen-bond donors (Lipinski definition) is 3. The highest BCUT2D eigenvalue weighted by Crippen LogP contribution is 2.30. The highest BCUT2D eigenvalue weighted by Gasteiger charge is 2.29. The molecule has 3 rings (SSSR count). The average molecular weight is 380 g/mol. The lowest BCUT2D eigenvalue weighted by Crippen LogP contribution is -2.29. The van der Waals surface area contributed by atoms with Crippen molar-refractivity contribution < 1.29 is 9.59 Å². The molecule has 0 bridgehead atoms. The molecule has 1 aliphatic carbocycles. The van der Waals surface area contributed by atoms with Crippen LogP contribution < -0.4 is 20.9 Å². The van der Waals surface area contributed by atoms with Crippen molar-refractivity contribution in [1.82, 2.24) is 5.32 Å². The Labute approximate surface area is 166 Å². The molecule has 0 atom stereocenters. The number of benzene rings is 2. The van der Waals surface area contributed by atoms with E-state index in [0.717, 1.165) is 31.4 Å². The van der Waals surface area contributed by atoms with Crippen LogP contribution in [0, 0.1) is 5.92 Å². The Balaban J connectivity index is 1.35. The predicted octanol–water partition coefficient (Wildman–Crippen LogP) is 3.86. The first kappa shape index (κ1) is 19.7. The summed E-state index contributed by atoms with van der Waals surface area (Å²) in [7, 11) is 4.05. The van der Waals surface area contributed by atoms with Gasteiger partial charge in [0.05, 0.1) is 0 Å². The summed E-state index contributed by atoms with van der Waals surface area (Å²) in [5.41, 5.74) is 3.89. The molecule has 1 aliphatic rings. The van der Waals surface area contributed by atoms with Crippen molar-refractivity contribution in [2.75, 3.05) is 36.2 Å². The van der Waals surface area contributed by atoms with E-state index in [0.29, 0.717) is 12.2 Å². The van der Waals surface area contributed by atoms with Gasteiger partial charge in [-0.3, -0.25) is 4.79 Å². The Kier molecular flexibility index (Phi) is 6.53. The largest absolute Gasteiger partial charge is 0.378 e. The SMILES string of the molecule is CN(C)c1ccc(CCCNC(=O)Nc2ccc(NC(=O)C3CC3)cc2)cc1. The van der Waals surface area contributed by atoms with Crippen molar-refractivity contribution in [3.63, 3.8) is 0 Å². The Morgan fingerprint density at radius 3 is 2.11 bits per heavy atom. The lowest BCUT2D eigenvalue weighted by molar-refractivity contribution is -0.117. The first-order valence-electron chi connectivity index (χ1n) is 9.73. The number of carbonyl (C=O) groups excluding carboxylic acids is 2. The summed E-state index contributed by atoms with van der Waals surface area (Å²) in [5.74, 6) is 0.254. The topological polar surface area (TPSA) is 73.5 Å². The molecule has 0 saturated heterocycles. The highest BCUT2D eigenvalue weighted by molar-refractivity contribution is 5.94. The molecule has 3 amide bonds. The van der Waals surface area contributed by atoms with Crippen LogP contribution in [0.5, 0.6) is 0 Å². The second-order valence-electron chi connectivity index (χ2n) is 7.39. The zero-order valence-corrected chi connectivity index (χ0v) is 16.5. The quantitative estimate of drug-likeness (QED) is 0.609. The number of urea groups is 1. The smallest absolute Gasteiger partial charge is 0.319 e. The molecular weight excluding hydrogens is 352 g/mol. The fourth-order valence-corrected chi connectivity index (χ4v) is 2.86. The van der Waals surface area contributed by atoms with Crippen LogP contribution in [0.4, 0.5) is 21.9 Å². The van der Waals surface area contributed by atoms with E-state index in [2.05, 4.69) is 45.1 Å². The molecule has 28 heavy (non-hydrogen) atoms. The third-order valence-corrected chi connectivity index (χ3v) is 4.74. The monoisotopic (exact) mass is 380 g/mol. The van der Waals surface area contributed by atoms with E-state index < -0.39 is 0 Å². The number of aryl methyl sites for hydroxylation is 1. The Morgan fingerprint density at radius 2 is 1.54 bits per heavy atom. The summed E-state index contributed by atoms with van der Waals surface area (Å²) in [4.78, 5) is 25.8. The second kappa shape index (κ2) is 9.26. The summed E-state index contributed by atoms with van der Waals surface area (Å²) < 4.78 is 0. The molecule has 0 heterocycles. The van der Waals surface area contributed by atoms with E-state index in [1.807, 2.05) is 14.1 Å². The van der Waals surface area contributed by atoms with Gasteiger partial charge in [0.1, 0.15) is 0 Å². The molecule has 3 N–H and O–H groups in total. The van der Waals surface area contributed by atoms with Crippen LogP contribution in [0.3, 0.4) is 0 Å². The first-order valence-corrected chi connectivity index (χ1v) is 9.73. The van der Waals surface area contributed by atoms with Crippen molar-refractivity contribution in [3.05, 3.63) is 54.1 Å². The Bertz CT molecular complexity index is 796. The van der Waals surface area contributed by atoms with Crippen LogP contribution >= 0.6 is 0 Å². The van der Waals surface area contributed by atoms with Crippen LogP contribution in [-0.2, 0) is 11.2 Å². The van der Waals surface area contributed by atoms with Crippen molar-refractivity contribution in [2.45, 2.75) is 25.7 Å². The first-order chi connectivity index (χ1) is 13.5. The van der Waals surface area contributed by atoms with Gasteiger partial charge in [0.25, 0.3) is 0 Å². The molecular formula is C22H28N4O2. The third-order valence-electron chi connectivity index (χ3n) is 4.74. The van der Waals surface area contributed by atoms with Crippen LogP contribution in [0.25, 0.3) is 0 Å². The van der Waals surface area contributed by atoms with Crippen LogP contribution in [0.1, 0.15) is 24.8 Å². The molecule has 1 fully saturated rings. The van der Waals surface area contributed by atoms with Gasteiger partial charge in [-0.2, -0.15) is 0 Å². The fourth-order valence-electron chi connectivity index (χ4n) is 2.86. The summed E-state index contributed by atoms with van der Waals surface area (Å²) in [6.45, 7) is 0.608. The molecule has 0 aromatic heterocycles. The van der Waals surface area contributed by atoms with E-state index in [-0.39, 0.29) is 17.9 Å². The predicted molar refractivity (Wildman–Crippen MR) is 114 cm³/mol. The maximum absolute atomic E-state index is 12.0. The minimum atomic E-state index is -0.224. The van der Waals surface area contributed by atoms with Crippen molar-refractivity contribution in [3.8, 4) is 0 Å². The van der Waals surface area contributed by atoms with Gasteiger partial charge < -0.3 is 20.9 Å². The molecule has 2 aromatic rings. The van der Waals surface area contributed by atoms with Gasteiger partial charge >= 0.3 is 6.03 Å². The van der Waals surface area contributed by atoms with E-state index >= 15 is 0 Å². The molecule has 0 aliphatic heterocycles. The van der Waals surface area contributed by atoms with Crippen LogP contribution in [0.2, 0.25) is 0 Å². The standard InChI is InChI=1S/C22H28N4O2/c1-26(2)20-13-5-16(6-14-20)4-3-15-23-22(28)25-19-11-9-18(10-12-19)24-21(27)17-7-8-17/h5-6,9-14,17H,3-4,7-8,15H2,1-2H3,(H,24,27)(H2,23,25,28). The summed E-state index contributed by atoms with van der Waals surface area (Å²) in [6.07, 6.45) is 3.75. The number of amides is 3. The maximum Gasteiger partial charge on any atom is 0.319 e. The van der Waals surface area contributed by atoms with Crippen LogP contribution in [0.15, 0.2) is 48.5 Å². The highest BCUT2D eigenvalue weighted by atomic mass is 16.2. The van der Waals surface area contributed by atoms with Crippen LogP contribution in [-0.4, -0.2) is 32.6 Å². The average Bonchev–Trinajstić information content (AvgIpc) is 3.52. The number of rotatable bonds is 8.